The summed E-state index contributed by atoms with van der Waals surface area (Å²) >= 11 is 6.06. The first-order valence-electron chi connectivity index (χ1n) is 8.03. The van der Waals surface area contributed by atoms with Crippen LogP contribution >= 0.6 is 11.6 Å². The van der Waals surface area contributed by atoms with Crippen molar-refractivity contribution in [2.75, 3.05) is 12.4 Å². The molecule has 2 aromatic carbocycles. The van der Waals surface area contributed by atoms with E-state index in [-0.39, 0.29) is 5.91 Å². The highest BCUT2D eigenvalue weighted by molar-refractivity contribution is 6.30. The fourth-order valence-electron chi connectivity index (χ4n) is 3.19. The van der Waals surface area contributed by atoms with Gasteiger partial charge in [-0.3, -0.25) is 4.79 Å². The standard InChI is InChI=1S/C19H21ClN2O2/c1-12(23)22-18-9-13(3-8-19(18)24-2)11-21-17-7-4-14-10-15(20)5-6-16(14)17/h3,5-6,8-10,17,21H,4,7,11H2,1-2H3,(H,22,23). The fraction of sp³-hybridized carbons (Fsp3) is 0.316. The van der Waals surface area contributed by atoms with E-state index in [2.05, 4.69) is 22.8 Å². The van der Waals surface area contributed by atoms with E-state index in [4.69, 9.17) is 16.3 Å². The quantitative estimate of drug-likeness (QED) is 0.859. The van der Waals surface area contributed by atoms with E-state index < -0.39 is 0 Å². The number of hydrogen-bond donors (Lipinski definition) is 2. The number of ether oxygens (including phenoxy) is 1. The van der Waals surface area contributed by atoms with Crippen LogP contribution < -0.4 is 15.4 Å². The number of benzene rings is 2. The molecule has 1 aliphatic carbocycles. The van der Waals surface area contributed by atoms with Crippen molar-refractivity contribution in [3.05, 3.63) is 58.1 Å². The van der Waals surface area contributed by atoms with Gasteiger partial charge in [-0.05, 0) is 53.8 Å². The highest BCUT2D eigenvalue weighted by Gasteiger charge is 2.22. The SMILES string of the molecule is COc1ccc(CNC2CCc3cc(Cl)ccc32)cc1NC(C)=O. The third kappa shape index (κ3) is 3.71. The molecule has 1 unspecified atom stereocenters. The Labute approximate surface area is 147 Å². The molecular formula is C19H21ClN2O2. The Balaban J connectivity index is 1.71. The van der Waals surface area contributed by atoms with Crippen LogP contribution in [-0.4, -0.2) is 13.0 Å². The first-order chi connectivity index (χ1) is 11.6. The molecule has 0 radical (unpaired) electrons. The molecule has 126 valence electrons. The van der Waals surface area contributed by atoms with E-state index in [9.17, 15) is 4.79 Å². The van der Waals surface area contributed by atoms with E-state index in [0.717, 1.165) is 30.0 Å². The number of rotatable bonds is 5. The van der Waals surface area contributed by atoms with Gasteiger partial charge in [-0.1, -0.05) is 23.7 Å². The first-order valence-corrected chi connectivity index (χ1v) is 8.41. The summed E-state index contributed by atoms with van der Waals surface area (Å²) in [6, 6.07) is 12.3. The largest absolute Gasteiger partial charge is 0.495 e. The van der Waals surface area contributed by atoms with Crippen molar-refractivity contribution in [3.8, 4) is 5.75 Å². The number of amides is 1. The van der Waals surface area contributed by atoms with Crippen molar-refractivity contribution in [2.45, 2.75) is 32.4 Å². The number of hydrogen-bond acceptors (Lipinski definition) is 3. The van der Waals surface area contributed by atoms with Crippen LogP contribution in [0.3, 0.4) is 0 Å². The maximum Gasteiger partial charge on any atom is 0.221 e. The second-order valence-electron chi connectivity index (χ2n) is 6.03. The Bertz CT molecular complexity index is 761. The Morgan fingerprint density at radius 3 is 2.88 bits per heavy atom. The zero-order valence-corrected chi connectivity index (χ0v) is 14.6. The molecule has 0 heterocycles. The number of anilines is 1. The van der Waals surface area contributed by atoms with Crippen LogP contribution in [0.25, 0.3) is 0 Å². The van der Waals surface area contributed by atoms with Gasteiger partial charge in [0.15, 0.2) is 0 Å². The lowest BCUT2D eigenvalue weighted by atomic mass is 10.1. The second-order valence-corrected chi connectivity index (χ2v) is 6.47. The minimum Gasteiger partial charge on any atom is -0.495 e. The Morgan fingerprint density at radius 2 is 2.12 bits per heavy atom. The van der Waals surface area contributed by atoms with Gasteiger partial charge in [0.1, 0.15) is 5.75 Å². The van der Waals surface area contributed by atoms with Crippen molar-refractivity contribution >= 4 is 23.2 Å². The predicted molar refractivity (Wildman–Crippen MR) is 96.7 cm³/mol. The summed E-state index contributed by atoms with van der Waals surface area (Å²) in [4.78, 5) is 11.3. The molecule has 0 saturated carbocycles. The highest BCUT2D eigenvalue weighted by Crippen LogP contribution is 2.33. The van der Waals surface area contributed by atoms with E-state index in [1.54, 1.807) is 7.11 Å². The van der Waals surface area contributed by atoms with Gasteiger partial charge >= 0.3 is 0 Å². The monoisotopic (exact) mass is 344 g/mol. The summed E-state index contributed by atoms with van der Waals surface area (Å²) in [5.41, 5.74) is 4.45. The van der Waals surface area contributed by atoms with Gasteiger partial charge in [-0.2, -0.15) is 0 Å². The van der Waals surface area contributed by atoms with E-state index >= 15 is 0 Å². The molecule has 0 spiro atoms. The van der Waals surface area contributed by atoms with Gasteiger partial charge in [0.25, 0.3) is 0 Å². The van der Waals surface area contributed by atoms with Gasteiger partial charge < -0.3 is 15.4 Å². The highest BCUT2D eigenvalue weighted by atomic mass is 35.5. The molecule has 2 N–H and O–H groups in total. The number of aryl methyl sites for hydroxylation is 1. The second kappa shape index (κ2) is 7.24. The molecule has 0 fully saturated rings. The van der Waals surface area contributed by atoms with Crippen molar-refractivity contribution in [2.24, 2.45) is 0 Å². The molecular weight excluding hydrogens is 324 g/mol. The number of halogens is 1. The van der Waals surface area contributed by atoms with Crippen LogP contribution in [0.1, 0.15) is 36.1 Å². The lowest BCUT2D eigenvalue weighted by Gasteiger charge is -2.16. The summed E-state index contributed by atoms with van der Waals surface area (Å²) in [5.74, 6) is 0.551. The maximum atomic E-state index is 11.3. The van der Waals surface area contributed by atoms with Crippen molar-refractivity contribution in [3.63, 3.8) is 0 Å². The summed E-state index contributed by atoms with van der Waals surface area (Å²) in [5, 5.41) is 7.20. The van der Waals surface area contributed by atoms with Gasteiger partial charge in [0.2, 0.25) is 5.91 Å². The summed E-state index contributed by atoms with van der Waals surface area (Å²) in [6.45, 7) is 2.22. The number of methoxy groups -OCH3 is 1. The normalized spacial score (nSPS) is 15.9. The molecule has 0 bridgehead atoms. The maximum absolute atomic E-state index is 11.3. The molecule has 5 heteroatoms. The fourth-order valence-corrected chi connectivity index (χ4v) is 3.39. The minimum absolute atomic E-state index is 0.111. The molecule has 1 atom stereocenters. The molecule has 0 saturated heterocycles. The molecule has 1 aliphatic rings. The molecule has 0 aliphatic heterocycles. The number of fused-ring (bicyclic) bond motifs is 1. The molecule has 3 rings (SSSR count). The molecule has 4 nitrogen and oxygen atoms in total. The smallest absolute Gasteiger partial charge is 0.221 e. The predicted octanol–water partition coefficient (Wildman–Crippen LogP) is 4.08. The average Bonchev–Trinajstić information content (AvgIpc) is 2.94. The molecule has 0 aromatic heterocycles. The summed E-state index contributed by atoms with van der Waals surface area (Å²) in [6.07, 6.45) is 2.12. The van der Waals surface area contributed by atoms with Crippen LogP contribution in [-0.2, 0) is 17.8 Å². The Kier molecular flexibility index (Phi) is 5.07. The molecule has 1 amide bonds. The molecule has 2 aromatic rings. The third-order valence-electron chi connectivity index (χ3n) is 4.31. The third-order valence-corrected chi connectivity index (χ3v) is 4.55. The van der Waals surface area contributed by atoms with Crippen LogP contribution in [0.2, 0.25) is 5.02 Å². The van der Waals surface area contributed by atoms with Crippen LogP contribution in [0.15, 0.2) is 36.4 Å². The zero-order valence-electron chi connectivity index (χ0n) is 13.9. The average molecular weight is 345 g/mol. The Morgan fingerprint density at radius 1 is 1.29 bits per heavy atom. The van der Waals surface area contributed by atoms with Gasteiger partial charge in [-0.25, -0.2) is 0 Å². The number of carbonyl (C=O) groups is 1. The van der Waals surface area contributed by atoms with E-state index in [1.807, 2.05) is 24.3 Å². The van der Waals surface area contributed by atoms with Gasteiger partial charge in [-0.15, -0.1) is 0 Å². The lowest BCUT2D eigenvalue weighted by molar-refractivity contribution is -0.114. The Hall–Kier alpha value is -2.04. The summed E-state index contributed by atoms with van der Waals surface area (Å²) < 4.78 is 5.29. The lowest BCUT2D eigenvalue weighted by Crippen LogP contribution is -2.19. The summed E-state index contributed by atoms with van der Waals surface area (Å²) in [7, 11) is 1.60. The van der Waals surface area contributed by atoms with Gasteiger partial charge in [0, 0.05) is 24.5 Å². The van der Waals surface area contributed by atoms with Crippen LogP contribution in [0.5, 0.6) is 5.75 Å². The first kappa shape index (κ1) is 16.8. The van der Waals surface area contributed by atoms with Crippen molar-refractivity contribution in [1.82, 2.24) is 5.32 Å². The van der Waals surface area contributed by atoms with Crippen LogP contribution in [0.4, 0.5) is 5.69 Å². The van der Waals surface area contributed by atoms with Crippen LogP contribution in [0, 0.1) is 0 Å². The number of carbonyl (C=O) groups excluding carboxylic acids is 1. The van der Waals surface area contributed by atoms with Gasteiger partial charge in [0.05, 0.1) is 12.8 Å². The van der Waals surface area contributed by atoms with E-state index in [1.165, 1.54) is 18.1 Å². The number of nitrogens with one attached hydrogen (secondary N) is 2. The van der Waals surface area contributed by atoms with Crippen molar-refractivity contribution in [1.29, 1.82) is 0 Å². The zero-order chi connectivity index (χ0) is 17.1. The molecule has 24 heavy (non-hydrogen) atoms. The van der Waals surface area contributed by atoms with E-state index in [0.29, 0.717) is 17.5 Å². The minimum atomic E-state index is -0.111. The van der Waals surface area contributed by atoms with Crippen molar-refractivity contribution < 1.29 is 9.53 Å². The topological polar surface area (TPSA) is 50.4 Å².